The predicted octanol–water partition coefficient (Wildman–Crippen LogP) is 1.34. The second-order valence-electron chi connectivity index (χ2n) is 5.76. The van der Waals surface area contributed by atoms with Gasteiger partial charge in [-0.15, -0.1) is 0 Å². The van der Waals surface area contributed by atoms with E-state index in [4.69, 9.17) is 18.6 Å². The van der Waals surface area contributed by atoms with Crippen LogP contribution in [0.4, 0.5) is 0 Å². The van der Waals surface area contributed by atoms with Crippen LogP contribution < -0.4 is 24.7 Å². The minimum Gasteiger partial charge on any atom is -0.546 e. The fourth-order valence-electron chi connectivity index (χ4n) is 2.55. The molecule has 1 heterocycles. The van der Waals surface area contributed by atoms with E-state index in [1.807, 2.05) is 0 Å². The molecule has 2 aromatic carbocycles. The number of carbonyl (C=O) groups is 2. The van der Waals surface area contributed by atoms with E-state index in [0.29, 0.717) is 22.6 Å². The number of amides is 1. The first kappa shape index (κ1) is 19.7. The minimum atomic E-state index is -1.34. The van der Waals surface area contributed by atoms with Crippen molar-refractivity contribution >= 4 is 29.1 Å². The number of carbonyl (C=O) groups excluding carboxylic acids is 2. The van der Waals surface area contributed by atoms with E-state index in [2.05, 4.69) is 10.5 Å². The number of ether oxygens (including phenoxy) is 3. The van der Waals surface area contributed by atoms with E-state index in [9.17, 15) is 14.7 Å². The average molecular weight is 397 g/mol. The fraction of sp³-hybridized carbons (Fsp3) is 0.150. The highest BCUT2D eigenvalue weighted by Crippen LogP contribution is 2.29. The molecule has 1 amide bonds. The van der Waals surface area contributed by atoms with Crippen LogP contribution in [0.5, 0.6) is 17.2 Å². The van der Waals surface area contributed by atoms with Crippen molar-refractivity contribution in [3.8, 4) is 17.2 Å². The van der Waals surface area contributed by atoms with Gasteiger partial charge in [-0.25, -0.2) is 5.43 Å². The third-order valence-corrected chi connectivity index (χ3v) is 3.86. The Hall–Kier alpha value is -4.01. The van der Waals surface area contributed by atoms with Crippen LogP contribution in [-0.2, 0) is 4.79 Å². The van der Waals surface area contributed by atoms with Gasteiger partial charge in [0.2, 0.25) is 0 Å². The Morgan fingerprint density at radius 2 is 1.90 bits per heavy atom. The lowest BCUT2D eigenvalue weighted by Gasteiger charge is -2.11. The summed E-state index contributed by atoms with van der Waals surface area (Å²) in [5, 5.41) is 15.1. The summed E-state index contributed by atoms with van der Waals surface area (Å²) in [5.41, 5.74) is 3.44. The Balaban J connectivity index is 1.69. The van der Waals surface area contributed by atoms with Crippen LogP contribution in [0.15, 0.2) is 52.0 Å². The molecule has 150 valence electrons. The number of para-hydroxylation sites is 1. The lowest BCUT2D eigenvalue weighted by molar-refractivity contribution is -0.307. The van der Waals surface area contributed by atoms with Gasteiger partial charge in [-0.3, -0.25) is 4.79 Å². The number of hydrogen-bond donors (Lipinski definition) is 1. The van der Waals surface area contributed by atoms with Crippen LogP contribution in [0, 0.1) is 0 Å². The third-order valence-electron chi connectivity index (χ3n) is 3.86. The van der Waals surface area contributed by atoms with Crippen LogP contribution in [0.3, 0.4) is 0 Å². The minimum absolute atomic E-state index is 0.0882. The number of hydrogen-bond acceptors (Lipinski definition) is 8. The Bertz CT molecular complexity index is 1070. The van der Waals surface area contributed by atoms with Gasteiger partial charge in [0.25, 0.3) is 0 Å². The molecule has 0 bridgehead atoms. The van der Waals surface area contributed by atoms with E-state index >= 15 is 0 Å². The van der Waals surface area contributed by atoms with Gasteiger partial charge in [-0.2, -0.15) is 5.10 Å². The van der Waals surface area contributed by atoms with Crippen LogP contribution >= 0.6 is 0 Å². The second-order valence-corrected chi connectivity index (χ2v) is 5.76. The van der Waals surface area contributed by atoms with E-state index in [1.165, 1.54) is 26.5 Å². The lowest BCUT2D eigenvalue weighted by Crippen LogP contribution is -2.29. The molecule has 9 nitrogen and oxygen atoms in total. The number of fused-ring (bicyclic) bond motifs is 1. The highest BCUT2D eigenvalue weighted by molar-refractivity contribution is 5.97. The molecule has 29 heavy (non-hydrogen) atoms. The van der Waals surface area contributed by atoms with Crippen molar-refractivity contribution in [1.82, 2.24) is 5.43 Å². The first-order valence-electron chi connectivity index (χ1n) is 8.42. The number of rotatable bonds is 8. The first-order chi connectivity index (χ1) is 14.0. The zero-order valence-corrected chi connectivity index (χ0v) is 15.6. The molecule has 3 aromatic rings. The monoisotopic (exact) mass is 397 g/mol. The second kappa shape index (κ2) is 8.79. The third kappa shape index (κ3) is 4.64. The Morgan fingerprint density at radius 3 is 2.62 bits per heavy atom. The molecule has 0 aliphatic heterocycles. The molecule has 1 aromatic heterocycles. The van der Waals surface area contributed by atoms with Crippen molar-refractivity contribution in [2.45, 2.75) is 0 Å². The first-order valence-corrected chi connectivity index (χ1v) is 8.42. The maximum atomic E-state index is 12.3. The van der Waals surface area contributed by atoms with Crippen LogP contribution in [0.25, 0.3) is 11.0 Å². The number of furan rings is 1. The van der Waals surface area contributed by atoms with Gasteiger partial charge >= 0.3 is 5.91 Å². The van der Waals surface area contributed by atoms with Gasteiger partial charge in [0.15, 0.2) is 28.6 Å². The van der Waals surface area contributed by atoms with E-state index in [0.717, 1.165) is 5.39 Å². The van der Waals surface area contributed by atoms with Gasteiger partial charge in [0, 0.05) is 5.39 Å². The Morgan fingerprint density at radius 1 is 1.10 bits per heavy atom. The molecule has 0 radical (unpaired) electrons. The van der Waals surface area contributed by atoms with Crippen molar-refractivity contribution in [3.63, 3.8) is 0 Å². The summed E-state index contributed by atoms with van der Waals surface area (Å²) in [4.78, 5) is 22.8. The van der Waals surface area contributed by atoms with E-state index in [-0.39, 0.29) is 11.5 Å². The Kier molecular flexibility index (Phi) is 5.98. The van der Waals surface area contributed by atoms with Crippen molar-refractivity contribution < 1.29 is 33.3 Å². The Labute approximate surface area is 165 Å². The van der Waals surface area contributed by atoms with Gasteiger partial charge in [-0.1, -0.05) is 12.1 Å². The van der Waals surface area contributed by atoms with Crippen molar-refractivity contribution in [2.75, 3.05) is 20.8 Å². The zero-order chi connectivity index (χ0) is 20.8. The molecule has 0 saturated heterocycles. The molecule has 0 fully saturated rings. The van der Waals surface area contributed by atoms with Crippen LogP contribution in [-0.4, -0.2) is 38.9 Å². The number of carboxylic acid groups (broad SMARTS) is 1. The molecular formula is C20H17N2O7-. The lowest BCUT2D eigenvalue weighted by atomic mass is 10.2. The summed E-state index contributed by atoms with van der Waals surface area (Å²) >= 11 is 0. The van der Waals surface area contributed by atoms with Gasteiger partial charge < -0.3 is 28.5 Å². The highest BCUT2D eigenvalue weighted by Gasteiger charge is 2.14. The summed E-state index contributed by atoms with van der Waals surface area (Å²) < 4.78 is 21.0. The molecule has 0 aliphatic rings. The van der Waals surface area contributed by atoms with Crippen molar-refractivity contribution in [1.29, 1.82) is 0 Å². The summed E-state index contributed by atoms with van der Waals surface area (Å²) in [7, 11) is 2.93. The average Bonchev–Trinajstić information content (AvgIpc) is 3.17. The number of nitrogens with zero attached hydrogens (tertiary/aromatic N) is 1. The predicted molar refractivity (Wildman–Crippen MR) is 101 cm³/mol. The summed E-state index contributed by atoms with van der Waals surface area (Å²) in [6.45, 7) is -0.595. The number of hydrazone groups is 1. The quantitative estimate of drug-likeness (QED) is 0.449. The molecular weight excluding hydrogens is 380 g/mol. The molecule has 0 unspecified atom stereocenters. The maximum absolute atomic E-state index is 12.3. The summed E-state index contributed by atoms with van der Waals surface area (Å²) in [6, 6.07) is 11.6. The standard InChI is InChI=1S/C20H18N2O7/c1-26-15-5-3-4-13-9-17(29-19(13)15)20(25)22-21-10-12-6-7-14(16(8-12)27-2)28-11-18(23)24/h3-10H,11H2,1-2H3,(H,22,25)(H,23,24)/p-1/b21-10-. The van der Waals surface area contributed by atoms with E-state index < -0.39 is 18.5 Å². The smallest absolute Gasteiger partial charge is 0.307 e. The zero-order valence-electron chi connectivity index (χ0n) is 15.6. The highest BCUT2D eigenvalue weighted by atomic mass is 16.5. The normalized spacial score (nSPS) is 10.8. The topological polar surface area (TPSA) is 122 Å². The molecule has 3 rings (SSSR count). The number of carboxylic acids is 1. The molecule has 1 N–H and O–H groups in total. The van der Waals surface area contributed by atoms with Gasteiger partial charge in [-0.05, 0) is 35.9 Å². The van der Waals surface area contributed by atoms with Crippen LogP contribution in [0.2, 0.25) is 0 Å². The van der Waals surface area contributed by atoms with Crippen molar-refractivity contribution in [2.24, 2.45) is 5.10 Å². The van der Waals surface area contributed by atoms with Gasteiger partial charge in [0.1, 0.15) is 6.61 Å². The number of nitrogens with one attached hydrogen (secondary N) is 1. The molecule has 0 spiro atoms. The largest absolute Gasteiger partial charge is 0.546 e. The molecule has 9 heteroatoms. The van der Waals surface area contributed by atoms with Crippen molar-refractivity contribution in [3.05, 3.63) is 53.8 Å². The summed E-state index contributed by atoms with van der Waals surface area (Å²) in [5.74, 6) is -0.701. The summed E-state index contributed by atoms with van der Waals surface area (Å²) in [6.07, 6.45) is 1.40. The molecule has 0 saturated carbocycles. The number of benzene rings is 2. The molecule has 0 aliphatic carbocycles. The van der Waals surface area contributed by atoms with Gasteiger partial charge in [0.05, 0.1) is 26.4 Å². The SMILES string of the molecule is COc1cc(/C=N\NC(=O)c2cc3cccc(OC)c3o2)ccc1OCC(=O)[O-]. The van der Waals surface area contributed by atoms with E-state index in [1.54, 1.807) is 36.4 Å². The maximum Gasteiger partial charge on any atom is 0.307 e. The molecule has 0 atom stereocenters. The fourth-order valence-corrected chi connectivity index (χ4v) is 2.55. The number of aliphatic carboxylic acids is 1. The number of methoxy groups -OCH3 is 2. The van der Waals surface area contributed by atoms with Crippen LogP contribution in [0.1, 0.15) is 16.1 Å².